The average molecular weight is 321 g/mol. The van der Waals surface area contributed by atoms with Crippen molar-refractivity contribution in [2.24, 2.45) is 0 Å². The Morgan fingerprint density at radius 3 is 2.65 bits per heavy atom. The fourth-order valence-corrected chi connectivity index (χ4v) is 3.32. The van der Waals surface area contributed by atoms with Crippen molar-refractivity contribution in [1.82, 2.24) is 4.98 Å². The number of rotatable bonds is 3. The molecule has 0 bridgehead atoms. The molecule has 4 rings (SSSR count). The van der Waals surface area contributed by atoms with Crippen LogP contribution in [-0.2, 0) is 0 Å². The summed E-state index contributed by atoms with van der Waals surface area (Å²) < 4.78 is 6.98. The molecular formula is C18H11NO3S. The molecule has 1 N–H and O–H groups in total. The van der Waals surface area contributed by atoms with Gasteiger partial charge in [0.1, 0.15) is 5.76 Å². The Hall–Kier alpha value is -2.92. The summed E-state index contributed by atoms with van der Waals surface area (Å²) in [5.41, 5.74) is 1.91. The standard InChI is InChI=1S/C18H11NO3S/c20-18(21)12-5-3-4-11(10-12)14-8-9-15(22-14)17-19-13-6-1-2-7-16(13)23-17/h1-10H,(H,20,21). The molecule has 2 aromatic heterocycles. The highest BCUT2D eigenvalue weighted by Gasteiger charge is 2.12. The van der Waals surface area contributed by atoms with Crippen LogP contribution in [0, 0.1) is 0 Å². The molecule has 112 valence electrons. The predicted octanol–water partition coefficient (Wildman–Crippen LogP) is 4.92. The third-order valence-electron chi connectivity index (χ3n) is 3.50. The smallest absolute Gasteiger partial charge is 0.335 e. The molecule has 0 amide bonds. The Morgan fingerprint density at radius 1 is 1.00 bits per heavy atom. The first-order valence-electron chi connectivity index (χ1n) is 7.00. The molecule has 0 aliphatic rings. The molecule has 5 heteroatoms. The molecule has 0 fully saturated rings. The molecule has 0 atom stereocenters. The molecule has 2 aromatic carbocycles. The van der Waals surface area contributed by atoms with Gasteiger partial charge in [-0.3, -0.25) is 0 Å². The molecule has 0 unspecified atom stereocenters. The van der Waals surface area contributed by atoms with Crippen LogP contribution in [-0.4, -0.2) is 16.1 Å². The highest BCUT2D eigenvalue weighted by atomic mass is 32.1. The second kappa shape index (κ2) is 5.37. The lowest BCUT2D eigenvalue weighted by Gasteiger charge is -1.99. The fraction of sp³-hybridized carbons (Fsp3) is 0. The number of hydrogen-bond donors (Lipinski definition) is 1. The lowest BCUT2D eigenvalue weighted by atomic mass is 10.1. The van der Waals surface area contributed by atoms with Crippen molar-refractivity contribution in [3.8, 4) is 22.1 Å². The van der Waals surface area contributed by atoms with E-state index in [-0.39, 0.29) is 5.56 Å². The molecule has 0 radical (unpaired) electrons. The predicted molar refractivity (Wildman–Crippen MR) is 89.7 cm³/mol. The summed E-state index contributed by atoms with van der Waals surface area (Å²) >= 11 is 1.57. The van der Waals surface area contributed by atoms with E-state index in [2.05, 4.69) is 4.98 Å². The van der Waals surface area contributed by atoms with Crippen LogP contribution >= 0.6 is 11.3 Å². The number of carboxylic acid groups (broad SMARTS) is 1. The Morgan fingerprint density at radius 2 is 1.83 bits per heavy atom. The van der Waals surface area contributed by atoms with E-state index in [0.717, 1.165) is 20.8 Å². The SMILES string of the molecule is O=C(O)c1cccc(-c2ccc(-c3nc4ccccc4s3)o2)c1. The molecule has 2 heterocycles. The van der Waals surface area contributed by atoms with E-state index in [1.807, 2.05) is 42.5 Å². The molecule has 4 nitrogen and oxygen atoms in total. The van der Waals surface area contributed by atoms with Crippen LogP contribution in [0.5, 0.6) is 0 Å². The van der Waals surface area contributed by atoms with Gasteiger partial charge >= 0.3 is 5.97 Å². The molecule has 4 aromatic rings. The first-order chi connectivity index (χ1) is 11.2. The molecule has 0 aliphatic heterocycles. The van der Waals surface area contributed by atoms with E-state index in [0.29, 0.717) is 11.5 Å². The van der Waals surface area contributed by atoms with Gasteiger partial charge in [-0.15, -0.1) is 11.3 Å². The number of benzene rings is 2. The molecule has 23 heavy (non-hydrogen) atoms. The number of furan rings is 1. The third kappa shape index (κ3) is 2.51. The molecule has 0 saturated heterocycles. The van der Waals surface area contributed by atoms with E-state index in [4.69, 9.17) is 9.52 Å². The van der Waals surface area contributed by atoms with Crippen LogP contribution in [0.4, 0.5) is 0 Å². The van der Waals surface area contributed by atoms with Crippen molar-refractivity contribution < 1.29 is 14.3 Å². The first kappa shape index (κ1) is 13.7. The molecule has 0 aliphatic carbocycles. The van der Waals surface area contributed by atoms with E-state index in [1.54, 1.807) is 29.5 Å². The maximum Gasteiger partial charge on any atom is 0.335 e. The summed E-state index contributed by atoms with van der Waals surface area (Å²) in [4.78, 5) is 15.6. The Bertz CT molecular complexity index is 983. The van der Waals surface area contributed by atoms with Gasteiger partial charge in [-0.1, -0.05) is 24.3 Å². The van der Waals surface area contributed by atoms with Crippen molar-refractivity contribution in [2.45, 2.75) is 0 Å². The second-order valence-electron chi connectivity index (χ2n) is 5.04. The normalized spacial score (nSPS) is 11.0. The Balaban J connectivity index is 1.74. The zero-order valence-corrected chi connectivity index (χ0v) is 12.7. The van der Waals surface area contributed by atoms with Gasteiger partial charge in [0.05, 0.1) is 15.8 Å². The number of nitrogens with zero attached hydrogens (tertiary/aromatic N) is 1. The van der Waals surface area contributed by atoms with Crippen molar-refractivity contribution in [3.63, 3.8) is 0 Å². The Labute approximate surface area is 135 Å². The molecule has 0 saturated carbocycles. The summed E-state index contributed by atoms with van der Waals surface area (Å²) in [5, 5.41) is 9.89. The maximum absolute atomic E-state index is 11.1. The topological polar surface area (TPSA) is 63.3 Å². The number of carbonyl (C=O) groups is 1. The second-order valence-corrected chi connectivity index (χ2v) is 6.07. The van der Waals surface area contributed by atoms with E-state index >= 15 is 0 Å². The van der Waals surface area contributed by atoms with E-state index in [9.17, 15) is 4.79 Å². The number of thiazole rings is 1. The van der Waals surface area contributed by atoms with Crippen LogP contribution in [0.25, 0.3) is 32.3 Å². The number of aromatic carboxylic acids is 1. The molecular weight excluding hydrogens is 310 g/mol. The quantitative estimate of drug-likeness (QED) is 0.581. The lowest BCUT2D eigenvalue weighted by Crippen LogP contribution is -1.95. The van der Waals surface area contributed by atoms with Crippen molar-refractivity contribution in [1.29, 1.82) is 0 Å². The summed E-state index contributed by atoms with van der Waals surface area (Å²) in [6.07, 6.45) is 0. The number of para-hydroxylation sites is 1. The van der Waals surface area contributed by atoms with Gasteiger partial charge < -0.3 is 9.52 Å². The summed E-state index contributed by atoms with van der Waals surface area (Å²) in [6, 6.07) is 18.3. The zero-order chi connectivity index (χ0) is 15.8. The van der Waals surface area contributed by atoms with Crippen LogP contribution in [0.2, 0.25) is 0 Å². The number of fused-ring (bicyclic) bond motifs is 1. The average Bonchev–Trinajstić information content (AvgIpc) is 3.21. The summed E-state index contributed by atoms with van der Waals surface area (Å²) in [5.74, 6) is 0.356. The minimum atomic E-state index is -0.954. The van der Waals surface area contributed by atoms with Crippen LogP contribution in [0.3, 0.4) is 0 Å². The van der Waals surface area contributed by atoms with Crippen LogP contribution < -0.4 is 0 Å². The number of aromatic nitrogens is 1. The monoisotopic (exact) mass is 321 g/mol. The largest absolute Gasteiger partial charge is 0.478 e. The van der Waals surface area contributed by atoms with Crippen molar-refractivity contribution in [3.05, 3.63) is 66.2 Å². The highest BCUT2D eigenvalue weighted by Crippen LogP contribution is 2.33. The van der Waals surface area contributed by atoms with Crippen LogP contribution in [0.1, 0.15) is 10.4 Å². The lowest BCUT2D eigenvalue weighted by molar-refractivity contribution is 0.0697. The highest BCUT2D eigenvalue weighted by molar-refractivity contribution is 7.21. The van der Waals surface area contributed by atoms with Crippen LogP contribution in [0.15, 0.2) is 65.1 Å². The van der Waals surface area contributed by atoms with Gasteiger partial charge in [-0.2, -0.15) is 0 Å². The van der Waals surface area contributed by atoms with E-state index < -0.39 is 5.97 Å². The Kier molecular flexibility index (Phi) is 3.20. The molecule has 0 spiro atoms. The fourth-order valence-electron chi connectivity index (χ4n) is 2.39. The maximum atomic E-state index is 11.1. The number of hydrogen-bond acceptors (Lipinski definition) is 4. The summed E-state index contributed by atoms with van der Waals surface area (Å²) in [6.45, 7) is 0. The summed E-state index contributed by atoms with van der Waals surface area (Å²) in [7, 11) is 0. The van der Waals surface area contributed by atoms with Gasteiger partial charge in [0, 0.05) is 5.56 Å². The van der Waals surface area contributed by atoms with Gasteiger partial charge in [-0.25, -0.2) is 9.78 Å². The van der Waals surface area contributed by atoms with Gasteiger partial charge in [0.15, 0.2) is 10.8 Å². The van der Waals surface area contributed by atoms with Gasteiger partial charge in [0.25, 0.3) is 0 Å². The van der Waals surface area contributed by atoms with Gasteiger partial charge in [-0.05, 0) is 36.4 Å². The van der Waals surface area contributed by atoms with E-state index in [1.165, 1.54) is 0 Å². The zero-order valence-electron chi connectivity index (χ0n) is 11.9. The first-order valence-corrected chi connectivity index (χ1v) is 7.82. The van der Waals surface area contributed by atoms with Crippen molar-refractivity contribution in [2.75, 3.05) is 0 Å². The van der Waals surface area contributed by atoms with Gasteiger partial charge in [0.2, 0.25) is 0 Å². The van der Waals surface area contributed by atoms with Crippen molar-refractivity contribution >= 4 is 27.5 Å². The number of carboxylic acids is 1. The minimum Gasteiger partial charge on any atom is -0.478 e. The minimum absolute atomic E-state index is 0.237. The third-order valence-corrected chi connectivity index (χ3v) is 4.56.